The molecule has 3 aromatic rings. The van der Waals surface area contributed by atoms with Gasteiger partial charge in [0.1, 0.15) is 11.0 Å². The van der Waals surface area contributed by atoms with Crippen LogP contribution in [0.3, 0.4) is 0 Å². The number of aromatic nitrogens is 4. The van der Waals surface area contributed by atoms with Crippen LogP contribution < -0.4 is 0 Å². The molecule has 0 saturated heterocycles. The third-order valence-electron chi connectivity index (χ3n) is 2.28. The Bertz CT molecular complexity index is 575. The molecular weight excluding hydrogens is 164 g/mol. The number of imidazole rings is 2. The maximum Gasteiger partial charge on any atom is 0.116 e. The highest BCUT2D eigenvalue weighted by atomic mass is 15.0. The van der Waals surface area contributed by atoms with Gasteiger partial charge in [-0.05, 0) is 12.1 Å². The van der Waals surface area contributed by atoms with Gasteiger partial charge in [-0.2, -0.15) is 0 Å². The molecule has 0 spiro atoms. The van der Waals surface area contributed by atoms with Crippen molar-refractivity contribution >= 4 is 22.1 Å². The van der Waals surface area contributed by atoms with Crippen LogP contribution in [0.25, 0.3) is 22.1 Å². The van der Waals surface area contributed by atoms with E-state index in [1.54, 1.807) is 12.7 Å². The molecule has 0 unspecified atom stereocenters. The first kappa shape index (κ1) is 6.65. The van der Waals surface area contributed by atoms with Gasteiger partial charge in [-0.25, -0.2) is 9.97 Å². The van der Waals surface area contributed by atoms with Crippen molar-refractivity contribution in [1.29, 1.82) is 0 Å². The minimum atomic E-state index is 0.943. The molecule has 1 aromatic carbocycles. The van der Waals surface area contributed by atoms with Crippen LogP contribution in [0.4, 0.5) is 0 Å². The second-order valence-corrected chi connectivity index (χ2v) is 3.09. The summed E-state index contributed by atoms with van der Waals surface area (Å²) >= 11 is 0. The van der Waals surface area contributed by atoms with Gasteiger partial charge in [-0.15, -0.1) is 0 Å². The zero-order valence-electron chi connectivity index (χ0n) is 7.15. The van der Waals surface area contributed by atoms with E-state index in [9.17, 15) is 0 Å². The molecule has 1 N–H and O–H groups in total. The molecule has 4 heteroatoms. The molecule has 0 amide bonds. The summed E-state index contributed by atoms with van der Waals surface area (Å²) in [6.07, 6.45) is 3.50. The van der Waals surface area contributed by atoms with Gasteiger partial charge in [0.05, 0.1) is 23.7 Å². The van der Waals surface area contributed by atoms with Crippen molar-refractivity contribution < 1.29 is 0 Å². The maximum atomic E-state index is 4.30. The Kier molecular flexibility index (Phi) is 1.07. The Morgan fingerprint density at radius 3 is 3.08 bits per heavy atom. The van der Waals surface area contributed by atoms with Gasteiger partial charge in [0.2, 0.25) is 0 Å². The summed E-state index contributed by atoms with van der Waals surface area (Å²) < 4.78 is 1.99. The number of nitrogens with one attached hydrogen (secondary N) is 1. The van der Waals surface area contributed by atoms with Crippen molar-refractivity contribution in [1.82, 2.24) is 19.5 Å². The molecule has 13 heavy (non-hydrogen) atoms. The van der Waals surface area contributed by atoms with Crippen molar-refractivity contribution in [2.24, 2.45) is 7.05 Å². The number of rotatable bonds is 0. The average molecular weight is 172 g/mol. The largest absolute Gasteiger partial charge is 0.345 e. The number of aromatic amines is 1. The molecule has 3 rings (SSSR count). The van der Waals surface area contributed by atoms with Crippen LogP contribution in [0.5, 0.6) is 0 Å². The summed E-state index contributed by atoms with van der Waals surface area (Å²) in [6.45, 7) is 0. The van der Waals surface area contributed by atoms with E-state index < -0.39 is 0 Å². The van der Waals surface area contributed by atoms with Crippen molar-refractivity contribution in [3.63, 3.8) is 0 Å². The Morgan fingerprint density at radius 1 is 1.23 bits per heavy atom. The fraction of sp³-hybridized carbons (Fsp3) is 0.111. The molecule has 0 aliphatic carbocycles. The van der Waals surface area contributed by atoms with Crippen molar-refractivity contribution in [2.45, 2.75) is 0 Å². The summed E-state index contributed by atoms with van der Waals surface area (Å²) in [7, 11) is 1.98. The fourth-order valence-corrected chi connectivity index (χ4v) is 1.60. The minimum absolute atomic E-state index is 0.943. The lowest BCUT2D eigenvalue weighted by atomic mass is 10.2. The molecule has 2 aromatic heterocycles. The number of benzene rings is 1. The van der Waals surface area contributed by atoms with Gasteiger partial charge >= 0.3 is 0 Å². The SMILES string of the molecule is Cn1cnc2c3nc[nH]c3ccc21. The fourth-order valence-electron chi connectivity index (χ4n) is 1.60. The molecular formula is C9H8N4. The molecule has 0 bridgehead atoms. The van der Waals surface area contributed by atoms with Gasteiger partial charge < -0.3 is 9.55 Å². The van der Waals surface area contributed by atoms with Crippen LogP contribution in [0.1, 0.15) is 0 Å². The first-order valence-electron chi connectivity index (χ1n) is 4.09. The first-order valence-corrected chi connectivity index (χ1v) is 4.09. The second-order valence-electron chi connectivity index (χ2n) is 3.09. The minimum Gasteiger partial charge on any atom is -0.345 e. The first-order chi connectivity index (χ1) is 6.36. The van der Waals surface area contributed by atoms with Gasteiger partial charge in [-0.1, -0.05) is 0 Å². The van der Waals surface area contributed by atoms with Crippen LogP contribution in [0, 0.1) is 0 Å². The van der Waals surface area contributed by atoms with E-state index in [1.165, 1.54) is 0 Å². The average Bonchev–Trinajstić information content (AvgIpc) is 2.70. The van der Waals surface area contributed by atoms with Crippen molar-refractivity contribution in [3.8, 4) is 0 Å². The Balaban J connectivity index is 2.66. The standard InChI is InChI=1S/C9H8N4/c1-13-5-12-9-7(13)3-2-6-8(9)11-4-10-6/h2-5H,1H3,(H,10,11). The van der Waals surface area contributed by atoms with Gasteiger partial charge in [0.15, 0.2) is 0 Å². The molecule has 0 atom stereocenters. The lowest BCUT2D eigenvalue weighted by molar-refractivity contribution is 0.948. The zero-order chi connectivity index (χ0) is 8.84. The van der Waals surface area contributed by atoms with E-state index >= 15 is 0 Å². The predicted octanol–water partition coefficient (Wildman–Crippen LogP) is 1.45. The maximum absolute atomic E-state index is 4.30. The number of aryl methyl sites for hydroxylation is 1. The number of H-pyrrole nitrogens is 1. The van der Waals surface area contributed by atoms with Crippen LogP contribution in [-0.4, -0.2) is 19.5 Å². The van der Waals surface area contributed by atoms with Crippen molar-refractivity contribution in [3.05, 3.63) is 24.8 Å². The topological polar surface area (TPSA) is 46.5 Å². The second kappa shape index (κ2) is 2.10. The van der Waals surface area contributed by atoms with Crippen LogP contribution in [0.2, 0.25) is 0 Å². The highest BCUT2D eigenvalue weighted by molar-refractivity contribution is 6.00. The molecule has 0 fully saturated rings. The lowest BCUT2D eigenvalue weighted by Crippen LogP contribution is -1.82. The van der Waals surface area contributed by atoms with E-state index in [4.69, 9.17) is 0 Å². The Labute approximate surface area is 74.2 Å². The molecule has 0 radical (unpaired) electrons. The molecule has 0 aliphatic rings. The van der Waals surface area contributed by atoms with E-state index in [-0.39, 0.29) is 0 Å². The monoisotopic (exact) mass is 172 g/mol. The summed E-state index contributed by atoms with van der Waals surface area (Å²) in [5.74, 6) is 0. The van der Waals surface area contributed by atoms with Gasteiger partial charge in [-0.3, -0.25) is 0 Å². The van der Waals surface area contributed by atoms with Gasteiger partial charge in [0, 0.05) is 7.05 Å². The van der Waals surface area contributed by atoms with E-state index in [1.807, 2.05) is 23.7 Å². The highest BCUT2D eigenvalue weighted by Crippen LogP contribution is 2.20. The zero-order valence-corrected chi connectivity index (χ0v) is 7.15. The summed E-state index contributed by atoms with van der Waals surface area (Å²) in [6, 6.07) is 4.06. The summed E-state index contributed by atoms with van der Waals surface area (Å²) in [5.41, 5.74) is 4.05. The molecule has 4 nitrogen and oxygen atoms in total. The predicted molar refractivity (Wildman–Crippen MR) is 50.4 cm³/mol. The molecule has 2 heterocycles. The van der Waals surface area contributed by atoms with E-state index in [0.717, 1.165) is 22.1 Å². The third kappa shape index (κ3) is 0.744. The smallest absolute Gasteiger partial charge is 0.116 e. The van der Waals surface area contributed by atoms with Crippen LogP contribution in [0.15, 0.2) is 24.8 Å². The molecule has 0 aliphatic heterocycles. The Morgan fingerprint density at radius 2 is 2.15 bits per heavy atom. The molecule has 64 valence electrons. The van der Waals surface area contributed by atoms with Crippen LogP contribution in [-0.2, 0) is 7.05 Å². The third-order valence-corrected chi connectivity index (χ3v) is 2.28. The number of fused-ring (bicyclic) bond motifs is 3. The van der Waals surface area contributed by atoms with Gasteiger partial charge in [0.25, 0.3) is 0 Å². The van der Waals surface area contributed by atoms with E-state index in [2.05, 4.69) is 15.0 Å². The summed E-state index contributed by atoms with van der Waals surface area (Å²) in [4.78, 5) is 11.6. The number of hydrogen-bond donors (Lipinski definition) is 1. The number of hydrogen-bond acceptors (Lipinski definition) is 2. The number of nitrogens with zero attached hydrogens (tertiary/aromatic N) is 3. The highest BCUT2D eigenvalue weighted by Gasteiger charge is 2.05. The van der Waals surface area contributed by atoms with E-state index in [0.29, 0.717) is 0 Å². The van der Waals surface area contributed by atoms with Crippen molar-refractivity contribution in [2.75, 3.05) is 0 Å². The van der Waals surface area contributed by atoms with Crippen LogP contribution >= 0.6 is 0 Å². The lowest BCUT2D eigenvalue weighted by Gasteiger charge is -1.93. The Hall–Kier alpha value is -1.84. The normalized spacial score (nSPS) is 11.5. The summed E-state index contributed by atoms with van der Waals surface area (Å²) in [5, 5.41) is 0. The molecule has 0 saturated carbocycles. The quantitative estimate of drug-likeness (QED) is 0.557.